The van der Waals surface area contributed by atoms with Crippen molar-refractivity contribution in [3.8, 4) is 0 Å². The summed E-state index contributed by atoms with van der Waals surface area (Å²) in [6.45, 7) is 2.67. The zero-order chi connectivity index (χ0) is 13.0. The Balaban J connectivity index is 2.26. The van der Waals surface area contributed by atoms with E-state index in [1.54, 1.807) is 0 Å². The summed E-state index contributed by atoms with van der Waals surface area (Å²) in [4.78, 5) is 0. The van der Waals surface area contributed by atoms with E-state index in [0.717, 1.165) is 10.2 Å². The molecule has 0 amide bonds. The minimum Gasteiger partial charge on any atom is -0.376 e. The quantitative estimate of drug-likeness (QED) is 0.900. The Labute approximate surface area is 116 Å². The van der Waals surface area contributed by atoms with E-state index in [-0.39, 0.29) is 6.04 Å². The van der Waals surface area contributed by atoms with Gasteiger partial charge in [0.05, 0.1) is 6.04 Å². The lowest BCUT2D eigenvalue weighted by atomic mass is 10.0. The summed E-state index contributed by atoms with van der Waals surface area (Å²) in [6.07, 6.45) is 0. The third-order valence-electron chi connectivity index (χ3n) is 3.00. The summed E-state index contributed by atoms with van der Waals surface area (Å²) < 4.78 is 1.05. The molecule has 3 N–H and O–H groups in total. The molecule has 3 heteroatoms. The van der Waals surface area contributed by atoms with Gasteiger partial charge in [-0.25, -0.2) is 0 Å². The first-order valence-corrected chi connectivity index (χ1v) is 6.78. The van der Waals surface area contributed by atoms with E-state index in [2.05, 4.69) is 40.3 Å². The van der Waals surface area contributed by atoms with Crippen LogP contribution in [0.15, 0.2) is 53.0 Å². The lowest BCUT2D eigenvalue weighted by Crippen LogP contribution is -2.21. The Bertz CT molecular complexity index is 525. The highest BCUT2D eigenvalue weighted by Crippen LogP contribution is 2.27. The molecule has 1 unspecified atom stereocenters. The molecule has 0 spiro atoms. The molecule has 2 aromatic carbocycles. The summed E-state index contributed by atoms with van der Waals surface area (Å²) in [7, 11) is 0. The molecule has 0 fully saturated rings. The van der Waals surface area contributed by atoms with E-state index in [0.29, 0.717) is 6.54 Å². The van der Waals surface area contributed by atoms with Crippen molar-refractivity contribution in [1.29, 1.82) is 0 Å². The second kappa shape index (κ2) is 6.03. The monoisotopic (exact) mass is 304 g/mol. The van der Waals surface area contributed by atoms with Crippen molar-refractivity contribution in [2.75, 3.05) is 11.9 Å². The third-order valence-corrected chi connectivity index (χ3v) is 3.69. The first-order valence-electron chi connectivity index (χ1n) is 5.99. The zero-order valence-electron chi connectivity index (χ0n) is 10.4. The van der Waals surface area contributed by atoms with Crippen molar-refractivity contribution in [2.24, 2.45) is 5.73 Å². The minimum absolute atomic E-state index is 0.130. The Morgan fingerprint density at radius 1 is 1.11 bits per heavy atom. The van der Waals surface area contributed by atoms with Crippen molar-refractivity contribution in [3.63, 3.8) is 0 Å². The molecule has 0 bridgehead atoms. The van der Waals surface area contributed by atoms with Gasteiger partial charge in [0.25, 0.3) is 0 Å². The van der Waals surface area contributed by atoms with Gasteiger partial charge in [0.1, 0.15) is 0 Å². The number of benzene rings is 2. The molecular weight excluding hydrogens is 288 g/mol. The number of anilines is 1. The van der Waals surface area contributed by atoms with Crippen LogP contribution in [-0.4, -0.2) is 6.54 Å². The Kier molecular flexibility index (Phi) is 4.39. The van der Waals surface area contributed by atoms with E-state index < -0.39 is 0 Å². The molecule has 2 aromatic rings. The van der Waals surface area contributed by atoms with Crippen LogP contribution in [0.25, 0.3) is 0 Å². The van der Waals surface area contributed by atoms with Gasteiger partial charge in [-0.15, -0.1) is 0 Å². The molecule has 0 aliphatic rings. The fourth-order valence-corrected chi connectivity index (χ4v) is 2.41. The van der Waals surface area contributed by atoms with Gasteiger partial charge >= 0.3 is 0 Å². The molecule has 94 valence electrons. The summed E-state index contributed by atoms with van der Waals surface area (Å²) >= 11 is 3.54. The number of halogens is 1. The van der Waals surface area contributed by atoms with Crippen LogP contribution < -0.4 is 11.1 Å². The van der Waals surface area contributed by atoms with Gasteiger partial charge in [-0.05, 0) is 46.1 Å². The Morgan fingerprint density at radius 3 is 2.44 bits per heavy atom. The van der Waals surface area contributed by atoms with Gasteiger partial charge in [-0.3, -0.25) is 0 Å². The summed E-state index contributed by atoms with van der Waals surface area (Å²) in [5.74, 6) is 0. The average Bonchev–Trinajstić information content (AvgIpc) is 2.39. The van der Waals surface area contributed by atoms with Gasteiger partial charge in [0, 0.05) is 16.7 Å². The van der Waals surface area contributed by atoms with E-state index in [1.165, 1.54) is 11.1 Å². The van der Waals surface area contributed by atoms with Gasteiger partial charge in [0.15, 0.2) is 0 Å². The highest BCUT2D eigenvalue weighted by atomic mass is 79.9. The summed E-state index contributed by atoms with van der Waals surface area (Å²) in [6, 6.07) is 16.5. The van der Waals surface area contributed by atoms with Crippen molar-refractivity contribution in [3.05, 3.63) is 64.1 Å². The van der Waals surface area contributed by atoms with Crippen LogP contribution >= 0.6 is 15.9 Å². The van der Waals surface area contributed by atoms with Gasteiger partial charge in [0.2, 0.25) is 0 Å². The molecule has 0 saturated carbocycles. The molecule has 1 atom stereocenters. The largest absolute Gasteiger partial charge is 0.376 e. The third kappa shape index (κ3) is 2.92. The van der Waals surface area contributed by atoms with Crippen LogP contribution in [0.3, 0.4) is 0 Å². The molecule has 0 saturated heterocycles. The first-order chi connectivity index (χ1) is 8.72. The highest BCUT2D eigenvalue weighted by molar-refractivity contribution is 9.10. The van der Waals surface area contributed by atoms with E-state index in [4.69, 9.17) is 5.73 Å². The highest BCUT2D eigenvalue weighted by Gasteiger charge is 2.12. The van der Waals surface area contributed by atoms with Gasteiger partial charge < -0.3 is 11.1 Å². The maximum absolute atomic E-state index is 5.89. The van der Waals surface area contributed by atoms with E-state index >= 15 is 0 Å². The number of hydrogen-bond donors (Lipinski definition) is 2. The Morgan fingerprint density at radius 2 is 1.78 bits per heavy atom. The molecule has 2 rings (SSSR count). The standard InChI is InChI=1S/C15H17BrN2/c1-11-6-2-3-7-12(11)15(10-17)18-14-9-5-4-8-13(14)16/h2-9,15,18H,10,17H2,1H3. The fraction of sp³-hybridized carbons (Fsp3) is 0.200. The number of rotatable bonds is 4. The van der Waals surface area contributed by atoms with Crippen molar-refractivity contribution in [2.45, 2.75) is 13.0 Å². The van der Waals surface area contributed by atoms with Gasteiger partial charge in [-0.1, -0.05) is 36.4 Å². The van der Waals surface area contributed by atoms with Crippen molar-refractivity contribution < 1.29 is 0 Å². The van der Waals surface area contributed by atoms with Crippen LogP contribution in [0.5, 0.6) is 0 Å². The van der Waals surface area contributed by atoms with Crippen LogP contribution in [0.4, 0.5) is 5.69 Å². The first kappa shape index (κ1) is 13.1. The predicted molar refractivity (Wildman–Crippen MR) is 80.7 cm³/mol. The van der Waals surface area contributed by atoms with Crippen LogP contribution in [0.2, 0.25) is 0 Å². The predicted octanol–water partition coefficient (Wildman–Crippen LogP) is 3.87. The number of aryl methyl sites for hydroxylation is 1. The molecule has 0 heterocycles. The molecule has 0 aromatic heterocycles. The van der Waals surface area contributed by atoms with Crippen LogP contribution in [0.1, 0.15) is 17.2 Å². The maximum Gasteiger partial charge on any atom is 0.0639 e. The van der Waals surface area contributed by atoms with Crippen molar-refractivity contribution >= 4 is 21.6 Å². The lowest BCUT2D eigenvalue weighted by molar-refractivity contribution is 0.783. The normalized spacial score (nSPS) is 12.2. The SMILES string of the molecule is Cc1ccccc1C(CN)Nc1ccccc1Br. The minimum atomic E-state index is 0.130. The fourth-order valence-electron chi connectivity index (χ4n) is 2.01. The second-order valence-electron chi connectivity index (χ2n) is 4.27. The molecule has 0 aliphatic heterocycles. The van der Waals surface area contributed by atoms with E-state index in [9.17, 15) is 0 Å². The number of nitrogens with one attached hydrogen (secondary N) is 1. The van der Waals surface area contributed by atoms with Crippen molar-refractivity contribution in [1.82, 2.24) is 0 Å². The molecule has 18 heavy (non-hydrogen) atoms. The number of hydrogen-bond acceptors (Lipinski definition) is 2. The molecule has 0 aliphatic carbocycles. The van der Waals surface area contributed by atoms with Crippen LogP contribution in [-0.2, 0) is 0 Å². The molecule has 2 nitrogen and oxygen atoms in total. The van der Waals surface area contributed by atoms with Crippen LogP contribution in [0, 0.1) is 6.92 Å². The molecule has 0 radical (unpaired) electrons. The maximum atomic E-state index is 5.89. The average molecular weight is 305 g/mol. The van der Waals surface area contributed by atoms with E-state index in [1.807, 2.05) is 36.4 Å². The van der Waals surface area contributed by atoms with Gasteiger partial charge in [-0.2, -0.15) is 0 Å². The zero-order valence-corrected chi connectivity index (χ0v) is 11.9. The Hall–Kier alpha value is -1.32. The summed E-state index contributed by atoms with van der Waals surface area (Å²) in [5, 5.41) is 3.48. The topological polar surface area (TPSA) is 38.0 Å². The molecular formula is C15H17BrN2. The number of para-hydroxylation sites is 1. The number of nitrogens with two attached hydrogens (primary N) is 1. The second-order valence-corrected chi connectivity index (χ2v) is 5.12. The lowest BCUT2D eigenvalue weighted by Gasteiger charge is -2.21. The smallest absolute Gasteiger partial charge is 0.0639 e. The summed E-state index contributed by atoms with van der Waals surface area (Å²) in [5.41, 5.74) is 9.46.